The lowest BCUT2D eigenvalue weighted by molar-refractivity contribution is 0.660. The normalized spacial score (nSPS) is 12.8. The quantitative estimate of drug-likeness (QED) is 0.178. The van der Waals surface area contributed by atoms with Crippen LogP contribution in [0.25, 0.3) is 78.6 Å². The van der Waals surface area contributed by atoms with Gasteiger partial charge in [0, 0.05) is 5.41 Å². The molecule has 0 aromatic heterocycles. The highest BCUT2D eigenvalue weighted by Gasteiger charge is 2.35. The Kier molecular flexibility index (Phi) is 6.89. The Morgan fingerprint density at radius 1 is 0.404 bits per heavy atom. The molecular formula is C47H36. The standard InChI is InChI=1S/C47H36/c1-5-37-38(6-2)46(42-21-11-10-20-41(42)45(37)33-25-23-32(24-26-33)31-15-8-7-9-16-31)36-18-14-17-34(29-36)35-27-28-40-39-19-12-13-22-43(39)47(3,4)44(40)30-35/h5-30H,1-2H2,3-4H3. The molecule has 224 valence electrons. The molecule has 7 aromatic carbocycles. The van der Waals surface area contributed by atoms with E-state index in [0.29, 0.717) is 0 Å². The Bertz CT molecular complexity index is 2330. The Balaban J connectivity index is 1.28. The summed E-state index contributed by atoms with van der Waals surface area (Å²) in [6.07, 6.45) is 4.00. The van der Waals surface area contributed by atoms with Gasteiger partial charge in [-0.2, -0.15) is 0 Å². The molecule has 0 aliphatic heterocycles. The van der Waals surface area contributed by atoms with Gasteiger partial charge in [0.25, 0.3) is 0 Å². The van der Waals surface area contributed by atoms with Gasteiger partial charge in [-0.05, 0) is 101 Å². The van der Waals surface area contributed by atoms with E-state index in [2.05, 4.69) is 173 Å². The average molecular weight is 601 g/mol. The van der Waals surface area contributed by atoms with E-state index in [4.69, 9.17) is 0 Å². The van der Waals surface area contributed by atoms with E-state index >= 15 is 0 Å². The summed E-state index contributed by atoms with van der Waals surface area (Å²) in [4.78, 5) is 0. The van der Waals surface area contributed by atoms with E-state index in [1.54, 1.807) is 0 Å². The first kappa shape index (κ1) is 28.7. The molecule has 0 bridgehead atoms. The first-order chi connectivity index (χ1) is 23.0. The number of hydrogen-bond donors (Lipinski definition) is 0. The molecule has 1 aliphatic rings. The fraction of sp³-hybridized carbons (Fsp3) is 0.0638. The molecule has 0 saturated heterocycles. The highest BCUT2D eigenvalue weighted by atomic mass is 14.4. The van der Waals surface area contributed by atoms with E-state index in [9.17, 15) is 0 Å². The minimum absolute atomic E-state index is 0.0419. The summed E-state index contributed by atoms with van der Waals surface area (Å²) < 4.78 is 0. The van der Waals surface area contributed by atoms with E-state index in [0.717, 1.165) is 11.1 Å². The summed E-state index contributed by atoms with van der Waals surface area (Å²) in [6, 6.07) is 53.0. The third kappa shape index (κ3) is 4.60. The van der Waals surface area contributed by atoms with E-state index in [1.165, 1.54) is 77.5 Å². The van der Waals surface area contributed by atoms with Crippen molar-refractivity contribution in [1.29, 1.82) is 0 Å². The van der Waals surface area contributed by atoms with Crippen LogP contribution in [0.15, 0.2) is 159 Å². The zero-order valence-electron chi connectivity index (χ0n) is 26.9. The van der Waals surface area contributed by atoms with Crippen LogP contribution >= 0.6 is 0 Å². The lowest BCUT2D eigenvalue weighted by Gasteiger charge is -2.22. The molecule has 0 heterocycles. The van der Waals surface area contributed by atoms with Crippen molar-refractivity contribution in [2.45, 2.75) is 19.3 Å². The van der Waals surface area contributed by atoms with E-state index in [1.807, 2.05) is 12.2 Å². The zero-order valence-corrected chi connectivity index (χ0v) is 26.9. The van der Waals surface area contributed by atoms with Crippen molar-refractivity contribution in [3.8, 4) is 55.6 Å². The molecule has 0 N–H and O–H groups in total. The highest BCUT2D eigenvalue weighted by molar-refractivity contribution is 6.12. The van der Waals surface area contributed by atoms with E-state index in [-0.39, 0.29) is 5.41 Å². The van der Waals surface area contributed by atoms with Gasteiger partial charge in [0.1, 0.15) is 0 Å². The number of fused-ring (bicyclic) bond motifs is 4. The van der Waals surface area contributed by atoms with Crippen LogP contribution < -0.4 is 0 Å². The summed E-state index contributed by atoms with van der Waals surface area (Å²) in [7, 11) is 0. The van der Waals surface area contributed by atoms with Crippen molar-refractivity contribution in [2.75, 3.05) is 0 Å². The van der Waals surface area contributed by atoms with Crippen LogP contribution in [-0.2, 0) is 5.41 Å². The predicted octanol–water partition coefficient (Wildman–Crippen LogP) is 13.1. The lowest BCUT2D eigenvalue weighted by atomic mass is 9.81. The molecule has 47 heavy (non-hydrogen) atoms. The summed E-state index contributed by atoms with van der Waals surface area (Å²) in [6.45, 7) is 13.3. The largest absolute Gasteiger partial charge is 0.0984 e. The molecule has 0 fully saturated rings. The van der Waals surface area contributed by atoms with Gasteiger partial charge in [0.15, 0.2) is 0 Å². The van der Waals surface area contributed by atoms with Gasteiger partial charge in [-0.1, -0.05) is 173 Å². The molecule has 0 spiro atoms. The molecular weight excluding hydrogens is 565 g/mol. The second-order valence-electron chi connectivity index (χ2n) is 13.0. The van der Waals surface area contributed by atoms with Crippen LogP contribution in [0.2, 0.25) is 0 Å². The molecule has 0 saturated carbocycles. The lowest BCUT2D eigenvalue weighted by Crippen LogP contribution is -2.14. The second kappa shape index (κ2) is 11.3. The monoisotopic (exact) mass is 600 g/mol. The Morgan fingerprint density at radius 2 is 0.894 bits per heavy atom. The SMILES string of the molecule is C=Cc1c(C=C)c(-c2cccc(-c3ccc4c(c3)C(C)(C)c3ccccc3-4)c2)c2ccccc2c1-c1ccc(-c2ccccc2)cc1. The van der Waals surface area contributed by atoms with Crippen LogP contribution in [0.3, 0.4) is 0 Å². The molecule has 7 aromatic rings. The zero-order chi connectivity index (χ0) is 32.1. The molecule has 0 nitrogen and oxygen atoms in total. The topological polar surface area (TPSA) is 0 Å². The van der Waals surface area contributed by atoms with Crippen molar-refractivity contribution < 1.29 is 0 Å². The summed E-state index contributed by atoms with van der Waals surface area (Å²) in [5, 5.41) is 2.41. The van der Waals surface area contributed by atoms with Crippen LogP contribution in [0.1, 0.15) is 36.1 Å². The minimum atomic E-state index is -0.0419. The van der Waals surface area contributed by atoms with Gasteiger partial charge >= 0.3 is 0 Å². The van der Waals surface area contributed by atoms with Gasteiger partial charge in [0.05, 0.1) is 0 Å². The number of hydrogen-bond acceptors (Lipinski definition) is 0. The fourth-order valence-electron chi connectivity index (χ4n) is 7.72. The van der Waals surface area contributed by atoms with Crippen LogP contribution in [0, 0.1) is 0 Å². The molecule has 0 unspecified atom stereocenters. The Hall–Kier alpha value is -5.72. The molecule has 8 rings (SSSR count). The summed E-state index contributed by atoms with van der Waals surface area (Å²) in [5.41, 5.74) is 17.2. The molecule has 0 radical (unpaired) electrons. The smallest absolute Gasteiger partial charge is 0.0159 e. The highest BCUT2D eigenvalue weighted by Crippen LogP contribution is 2.50. The van der Waals surface area contributed by atoms with Crippen LogP contribution in [-0.4, -0.2) is 0 Å². The first-order valence-corrected chi connectivity index (χ1v) is 16.3. The third-order valence-electron chi connectivity index (χ3n) is 10.1. The van der Waals surface area contributed by atoms with E-state index < -0.39 is 0 Å². The second-order valence-corrected chi connectivity index (χ2v) is 13.0. The molecule has 0 heteroatoms. The van der Waals surface area contributed by atoms with Gasteiger partial charge in [-0.15, -0.1) is 0 Å². The predicted molar refractivity (Wildman–Crippen MR) is 203 cm³/mol. The van der Waals surface area contributed by atoms with Crippen molar-refractivity contribution in [3.63, 3.8) is 0 Å². The summed E-state index contributed by atoms with van der Waals surface area (Å²) in [5.74, 6) is 0. The summed E-state index contributed by atoms with van der Waals surface area (Å²) >= 11 is 0. The number of benzene rings is 7. The first-order valence-electron chi connectivity index (χ1n) is 16.3. The minimum Gasteiger partial charge on any atom is -0.0984 e. The Labute approximate surface area is 278 Å². The molecule has 0 atom stereocenters. The van der Waals surface area contributed by atoms with Gasteiger partial charge < -0.3 is 0 Å². The molecule has 1 aliphatic carbocycles. The third-order valence-corrected chi connectivity index (χ3v) is 10.1. The average Bonchev–Trinajstić information content (AvgIpc) is 3.36. The van der Waals surface area contributed by atoms with Crippen LogP contribution in [0.5, 0.6) is 0 Å². The maximum absolute atomic E-state index is 4.33. The van der Waals surface area contributed by atoms with Crippen molar-refractivity contribution in [2.24, 2.45) is 0 Å². The van der Waals surface area contributed by atoms with Crippen molar-refractivity contribution in [3.05, 3.63) is 181 Å². The van der Waals surface area contributed by atoms with Gasteiger partial charge in [-0.25, -0.2) is 0 Å². The Morgan fingerprint density at radius 3 is 1.60 bits per heavy atom. The number of rotatable bonds is 6. The maximum Gasteiger partial charge on any atom is 0.0159 e. The van der Waals surface area contributed by atoms with Crippen molar-refractivity contribution in [1.82, 2.24) is 0 Å². The fourth-order valence-corrected chi connectivity index (χ4v) is 7.72. The van der Waals surface area contributed by atoms with Gasteiger partial charge in [-0.3, -0.25) is 0 Å². The molecule has 0 amide bonds. The van der Waals surface area contributed by atoms with Gasteiger partial charge in [0.2, 0.25) is 0 Å². The maximum atomic E-state index is 4.33. The van der Waals surface area contributed by atoms with Crippen molar-refractivity contribution >= 4 is 22.9 Å². The van der Waals surface area contributed by atoms with Crippen LogP contribution in [0.4, 0.5) is 0 Å².